The second-order valence-corrected chi connectivity index (χ2v) is 6.20. The maximum atomic E-state index is 12.4. The van der Waals surface area contributed by atoms with Gasteiger partial charge in [0.1, 0.15) is 0 Å². The molecule has 0 saturated carbocycles. The topological polar surface area (TPSA) is 74.6 Å². The molecule has 2 N–H and O–H groups in total. The molecule has 0 aromatic rings. The molecule has 0 rings (SSSR count). The zero-order valence-corrected chi connectivity index (χ0v) is 17.6. The molecule has 1 radical (unpaired) electrons. The van der Waals surface area contributed by atoms with Gasteiger partial charge in [-0.2, -0.15) is 96.6 Å². The van der Waals surface area contributed by atoms with Crippen LogP contribution in [-0.4, -0.2) is 81.9 Å². The molecule has 27 heteroatoms. The summed E-state index contributed by atoms with van der Waals surface area (Å²) in [6.45, 7) is 0. The van der Waals surface area contributed by atoms with Gasteiger partial charge in [0.15, 0.2) is 0 Å². The predicted octanol–water partition coefficient (Wildman–Crippen LogP) is 6.35. The number of carbonyl (C=O) groups is 2. The molecule has 0 unspecified atom stereocenters. The first-order valence-corrected chi connectivity index (χ1v) is 7.51. The molecule has 0 amide bonds. The minimum Gasteiger partial charge on any atom is -0.477 e. The van der Waals surface area contributed by atoms with Crippen molar-refractivity contribution in [3.63, 3.8) is 0 Å². The summed E-state index contributed by atoms with van der Waals surface area (Å²) >= 11 is 0. The van der Waals surface area contributed by atoms with E-state index < -0.39 is 71.7 Å². The Bertz CT molecular complexity index is 814. The Hall–Kier alpha value is -2.08. The van der Waals surface area contributed by atoms with Crippen molar-refractivity contribution >= 4 is 11.9 Å². The molecule has 235 valence electrons. The van der Waals surface area contributed by atoms with Gasteiger partial charge in [-0.1, -0.05) is 0 Å². The van der Waals surface area contributed by atoms with Gasteiger partial charge in [0, 0.05) is 17.1 Å². The van der Waals surface area contributed by atoms with Crippen molar-refractivity contribution in [3.8, 4) is 0 Å². The summed E-state index contributed by atoms with van der Waals surface area (Å²) in [5.74, 6) is -67.1. The summed E-state index contributed by atoms with van der Waals surface area (Å²) in [7, 11) is 0. The summed E-state index contributed by atoms with van der Waals surface area (Å²) in [6.07, 6.45) is -14.6. The average Bonchev–Trinajstić information content (AvgIpc) is 2.65. The number of carboxylic acids is 2. The number of rotatable bonds is 8. The molecular weight excluding hydrogens is 681 g/mol. The number of hydrogen-bond donors (Lipinski definition) is 2. The van der Waals surface area contributed by atoms with Crippen molar-refractivity contribution in [1.82, 2.24) is 0 Å². The smallest absolute Gasteiger partial charge is 0.460 e. The van der Waals surface area contributed by atoms with Crippen LogP contribution in [0.4, 0.5) is 96.6 Å². The van der Waals surface area contributed by atoms with Crippen LogP contribution in [0, 0.1) is 0 Å². The van der Waals surface area contributed by atoms with Crippen LogP contribution in [0.3, 0.4) is 0 Å². The Morgan fingerprint density at radius 1 is 0.333 bits per heavy atom. The van der Waals surface area contributed by atoms with E-state index in [1.165, 1.54) is 0 Å². The van der Waals surface area contributed by atoms with E-state index in [0.717, 1.165) is 0 Å². The quantitative estimate of drug-likeness (QED) is 0.231. The van der Waals surface area contributed by atoms with Crippen molar-refractivity contribution < 1.29 is 133 Å². The molecule has 0 heterocycles. The Labute approximate surface area is 206 Å². The molecule has 0 fully saturated rings. The molecular formula is C12H2F22MnO4. The Morgan fingerprint density at radius 2 is 0.487 bits per heavy atom. The minimum absolute atomic E-state index is 0. The Balaban J connectivity index is -0.000000648. The molecule has 0 spiro atoms. The van der Waals surface area contributed by atoms with Gasteiger partial charge in [-0.05, 0) is 0 Å². The second kappa shape index (κ2) is 10.7. The SMILES string of the molecule is O=C(O)C(F)(F)C(F)(F)C(F)(F)C(F)(F)C(F)(F)F.O=C(O)C(F)(F)C(F)(F)C(F)(F)C(F)(F)C(F)(F)F.[Mn]. The summed E-state index contributed by atoms with van der Waals surface area (Å²) in [4.78, 5) is 19.2. The molecule has 0 atom stereocenters. The van der Waals surface area contributed by atoms with Crippen molar-refractivity contribution in [2.75, 3.05) is 0 Å². The zero-order valence-electron chi connectivity index (χ0n) is 16.4. The van der Waals surface area contributed by atoms with Crippen molar-refractivity contribution in [2.45, 2.75) is 59.7 Å². The molecule has 0 bridgehead atoms. The molecule has 0 aliphatic rings. The van der Waals surface area contributed by atoms with E-state index in [-0.39, 0.29) is 17.1 Å². The Morgan fingerprint density at radius 3 is 0.590 bits per heavy atom. The van der Waals surface area contributed by atoms with Crippen LogP contribution in [-0.2, 0) is 26.7 Å². The van der Waals surface area contributed by atoms with Gasteiger partial charge in [0.2, 0.25) is 0 Å². The third kappa shape index (κ3) is 6.16. The van der Waals surface area contributed by atoms with Crippen LogP contribution in [0.1, 0.15) is 0 Å². The first kappa shape index (κ1) is 41.4. The van der Waals surface area contributed by atoms with E-state index in [0.29, 0.717) is 0 Å². The van der Waals surface area contributed by atoms with E-state index in [4.69, 9.17) is 10.2 Å². The predicted molar refractivity (Wildman–Crippen MR) is 67.0 cm³/mol. The third-order valence-electron chi connectivity index (χ3n) is 3.62. The van der Waals surface area contributed by atoms with Crippen molar-refractivity contribution in [2.24, 2.45) is 0 Å². The Kier molecular flexibility index (Phi) is 11.4. The van der Waals surface area contributed by atoms with Gasteiger partial charge in [0.25, 0.3) is 0 Å². The fourth-order valence-corrected chi connectivity index (χ4v) is 1.41. The second-order valence-electron chi connectivity index (χ2n) is 6.20. The van der Waals surface area contributed by atoms with Crippen LogP contribution < -0.4 is 0 Å². The summed E-state index contributed by atoms with van der Waals surface area (Å²) in [5.41, 5.74) is 0. The van der Waals surface area contributed by atoms with E-state index in [1.54, 1.807) is 0 Å². The van der Waals surface area contributed by atoms with Gasteiger partial charge < -0.3 is 10.2 Å². The van der Waals surface area contributed by atoms with Crippen LogP contribution in [0.25, 0.3) is 0 Å². The van der Waals surface area contributed by atoms with Gasteiger partial charge in [-0.3, -0.25) is 0 Å². The number of alkyl halides is 22. The third-order valence-corrected chi connectivity index (χ3v) is 3.62. The molecule has 0 aromatic carbocycles. The molecule has 39 heavy (non-hydrogen) atoms. The standard InChI is InChI=1S/2C6HF11O2.Mn/c2*7-2(8,1(18)19)3(9,10)4(11,12)5(13,14)6(15,16)17;/h2*(H,18,19);. The summed E-state index contributed by atoms with van der Waals surface area (Å²) in [5, 5.41) is 15.0. The number of carboxylic acid groups (broad SMARTS) is 2. The number of hydrogen-bond acceptors (Lipinski definition) is 2. The van der Waals surface area contributed by atoms with E-state index in [9.17, 15) is 106 Å². The number of aliphatic carboxylic acids is 2. The first-order chi connectivity index (χ1) is 15.9. The van der Waals surface area contributed by atoms with Crippen LogP contribution in [0.2, 0.25) is 0 Å². The largest absolute Gasteiger partial charge is 0.477 e. The summed E-state index contributed by atoms with van der Waals surface area (Å²) in [6, 6.07) is 0. The monoisotopic (exact) mass is 683 g/mol. The van der Waals surface area contributed by atoms with E-state index in [1.807, 2.05) is 0 Å². The van der Waals surface area contributed by atoms with E-state index >= 15 is 0 Å². The van der Waals surface area contributed by atoms with Crippen molar-refractivity contribution in [3.05, 3.63) is 0 Å². The first-order valence-electron chi connectivity index (χ1n) is 7.51. The maximum Gasteiger partial charge on any atom is 0.460 e. The molecule has 0 aromatic heterocycles. The van der Waals surface area contributed by atoms with Gasteiger partial charge >= 0.3 is 71.7 Å². The molecule has 4 nitrogen and oxygen atoms in total. The fraction of sp³-hybridized carbons (Fsp3) is 0.833. The van der Waals surface area contributed by atoms with Gasteiger partial charge in [-0.15, -0.1) is 0 Å². The van der Waals surface area contributed by atoms with Crippen LogP contribution in [0.15, 0.2) is 0 Å². The zero-order chi connectivity index (χ0) is 32.2. The maximum absolute atomic E-state index is 12.4. The van der Waals surface area contributed by atoms with Crippen LogP contribution in [0.5, 0.6) is 0 Å². The molecule has 0 saturated heterocycles. The van der Waals surface area contributed by atoms with Gasteiger partial charge in [-0.25, -0.2) is 9.59 Å². The average molecular weight is 683 g/mol. The minimum atomic E-state index is -7.68. The van der Waals surface area contributed by atoms with Gasteiger partial charge in [0.05, 0.1) is 0 Å². The molecule has 0 aliphatic heterocycles. The number of halogens is 22. The normalized spacial score (nSPS) is 15.1. The summed E-state index contributed by atoms with van der Waals surface area (Å²) < 4.78 is 265. The molecule has 0 aliphatic carbocycles. The van der Waals surface area contributed by atoms with Crippen LogP contribution >= 0.6 is 0 Å². The van der Waals surface area contributed by atoms with Crippen molar-refractivity contribution in [1.29, 1.82) is 0 Å². The van der Waals surface area contributed by atoms with E-state index in [2.05, 4.69) is 0 Å². The fourth-order valence-electron chi connectivity index (χ4n) is 1.41.